The van der Waals surface area contributed by atoms with Crippen LogP contribution in [0.4, 0.5) is 23.7 Å². The number of rotatable bonds is 4. The number of aryl methyl sites for hydroxylation is 1. The van der Waals surface area contributed by atoms with Crippen LogP contribution in [0.2, 0.25) is 0 Å². The van der Waals surface area contributed by atoms with Crippen LogP contribution in [-0.2, 0) is 0 Å². The average Bonchev–Trinajstić information content (AvgIpc) is 2.28. The number of thioether (sulfide) groups is 1. The highest BCUT2D eigenvalue weighted by molar-refractivity contribution is 9.10. The van der Waals surface area contributed by atoms with E-state index in [4.69, 9.17) is 0 Å². The number of anilines is 1. The molecule has 1 rings (SSSR count). The number of urea groups is 1. The molecule has 0 aliphatic heterocycles. The molecule has 0 aliphatic rings. The van der Waals surface area contributed by atoms with Crippen LogP contribution in [0.5, 0.6) is 0 Å². The molecule has 1 aromatic rings. The Labute approximate surface area is 121 Å². The number of hydrogen-bond donors (Lipinski definition) is 2. The monoisotopic (exact) mass is 356 g/mol. The van der Waals surface area contributed by atoms with Crippen molar-refractivity contribution in [2.24, 2.45) is 0 Å². The number of amides is 2. The molecule has 8 heteroatoms. The van der Waals surface area contributed by atoms with Crippen molar-refractivity contribution in [1.29, 1.82) is 0 Å². The van der Waals surface area contributed by atoms with Gasteiger partial charge < -0.3 is 10.6 Å². The van der Waals surface area contributed by atoms with Crippen molar-refractivity contribution < 1.29 is 18.0 Å². The Balaban J connectivity index is 2.33. The summed E-state index contributed by atoms with van der Waals surface area (Å²) in [5.74, 6) is -0.214. The fourth-order valence-electron chi connectivity index (χ4n) is 1.18. The molecule has 0 bridgehead atoms. The molecule has 0 heterocycles. The fourth-order valence-corrected chi connectivity index (χ4v) is 1.99. The van der Waals surface area contributed by atoms with E-state index in [1.54, 1.807) is 12.1 Å². The summed E-state index contributed by atoms with van der Waals surface area (Å²) in [5, 5.41) is 4.89. The Morgan fingerprint density at radius 3 is 2.68 bits per heavy atom. The van der Waals surface area contributed by atoms with Gasteiger partial charge in [-0.3, -0.25) is 0 Å². The van der Waals surface area contributed by atoms with Gasteiger partial charge >= 0.3 is 11.5 Å². The van der Waals surface area contributed by atoms with Crippen LogP contribution in [0.15, 0.2) is 22.7 Å². The lowest BCUT2D eigenvalue weighted by molar-refractivity contribution is -0.0327. The van der Waals surface area contributed by atoms with Crippen molar-refractivity contribution >= 4 is 39.4 Å². The molecule has 19 heavy (non-hydrogen) atoms. The zero-order valence-electron chi connectivity index (χ0n) is 9.97. The lowest BCUT2D eigenvalue weighted by Crippen LogP contribution is -2.31. The highest BCUT2D eigenvalue weighted by Gasteiger charge is 2.27. The van der Waals surface area contributed by atoms with Crippen LogP contribution in [0.25, 0.3) is 0 Å². The molecule has 0 unspecified atom stereocenters. The van der Waals surface area contributed by atoms with Crippen molar-refractivity contribution in [3.8, 4) is 0 Å². The van der Waals surface area contributed by atoms with Gasteiger partial charge in [-0.05, 0) is 36.4 Å². The Hall–Kier alpha value is -0.890. The summed E-state index contributed by atoms with van der Waals surface area (Å²) in [5.41, 5.74) is -2.68. The van der Waals surface area contributed by atoms with E-state index in [0.717, 1.165) is 10.0 Å². The molecule has 1 aromatic carbocycles. The summed E-state index contributed by atoms with van der Waals surface area (Å²) in [6.45, 7) is 1.85. The minimum absolute atomic E-state index is 0.0525. The molecule has 0 radical (unpaired) electrons. The molecule has 0 aromatic heterocycles. The predicted molar refractivity (Wildman–Crippen MR) is 74.4 cm³/mol. The first kappa shape index (κ1) is 16.2. The van der Waals surface area contributed by atoms with Crippen LogP contribution < -0.4 is 10.6 Å². The van der Waals surface area contributed by atoms with Gasteiger partial charge in [0.1, 0.15) is 0 Å². The Morgan fingerprint density at radius 2 is 2.11 bits per heavy atom. The van der Waals surface area contributed by atoms with E-state index < -0.39 is 11.5 Å². The predicted octanol–water partition coefficient (Wildman–Crippen LogP) is 4.13. The van der Waals surface area contributed by atoms with E-state index in [0.29, 0.717) is 5.69 Å². The van der Waals surface area contributed by atoms with E-state index in [2.05, 4.69) is 26.6 Å². The minimum atomic E-state index is -4.26. The maximum Gasteiger partial charge on any atom is 0.441 e. The molecule has 2 amide bonds. The third kappa shape index (κ3) is 6.72. The molecule has 0 spiro atoms. The number of hydrogen-bond acceptors (Lipinski definition) is 2. The van der Waals surface area contributed by atoms with E-state index in [1.165, 1.54) is 0 Å². The maximum atomic E-state index is 11.8. The van der Waals surface area contributed by atoms with E-state index >= 15 is 0 Å². The van der Waals surface area contributed by atoms with Crippen LogP contribution >= 0.6 is 27.7 Å². The molecule has 3 nitrogen and oxygen atoms in total. The van der Waals surface area contributed by atoms with Gasteiger partial charge in [0.05, 0.1) is 0 Å². The maximum absolute atomic E-state index is 11.8. The van der Waals surface area contributed by atoms with Gasteiger partial charge in [-0.2, -0.15) is 13.2 Å². The van der Waals surface area contributed by atoms with Gasteiger partial charge in [-0.15, -0.1) is 0 Å². The molecule has 0 aliphatic carbocycles. The van der Waals surface area contributed by atoms with Crippen molar-refractivity contribution in [1.82, 2.24) is 5.32 Å². The quantitative estimate of drug-likeness (QED) is 0.796. The van der Waals surface area contributed by atoms with E-state index in [1.807, 2.05) is 13.0 Å². The molecule has 0 saturated heterocycles. The normalized spacial score (nSPS) is 11.2. The standard InChI is InChI=1S/C11H12BrF3N2OS/c1-7-2-3-8(6-9(7)12)17-10(18)16-4-5-19-11(13,14)15/h2-3,6H,4-5H2,1H3,(H2,16,17,18). The van der Waals surface area contributed by atoms with Crippen LogP contribution in [0.1, 0.15) is 5.56 Å². The lowest BCUT2D eigenvalue weighted by atomic mass is 10.2. The van der Waals surface area contributed by atoms with Crippen LogP contribution in [0.3, 0.4) is 0 Å². The highest BCUT2D eigenvalue weighted by atomic mass is 79.9. The summed E-state index contributed by atoms with van der Waals surface area (Å²) in [6, 6.07) is 4.72. The summed E-state index contributed by atoms with van der Waals surface area (Å²) >= 11 is 3.16. The first-order valence-electron chi connectivity index (χ1n) is 5.29. The first-order valence-corrected chi connectivity index (χ1v) is 7.07. The third-order valence-electron chi connectivity index (χ3n) is 2.08. The Kier molecular flexibility index (Phi) is 5.99. The second-order valence-electron chi connectivity index (χ2n) is 3.64. The number of carbonyl (C=O) groups is 1. The smallest absolute Gasteiger partial charge is 0.337 e. The summed E-state index contributed by atoms with van der Waals surface area (Å²) < 4.78 is 36.4. The molecule has 2 N–H and O–H groups in total. The van der Waals surface area contributed by atoms with Crippen molar-refractivity contribution in [2.75, 3.05) is 17.6 Å². The van der Waals surface area contributed by atoms with Crippen molar-refractivity contribution in [2.45, 2.75) is 12.4 Å². The lowest BCUT2D eigenvalue weighted by Gasteiger charge is -2.09. The largest absolute Gasteiger partial charge is 0.441 e. The minimum Gasteiger partial charge on any atom is -0.337 e. The Morgan fingerprint density at radius 1 is 1.42 bits per heavy atom. The van der Waals surface area contributed by atoms with Crippen molar-refractivity contribution in [3.05, 3.63) is 28.2 Å². The zero-order valence-corrected chi connectivity index (χ0v) is 12.4. The van der Waals surface area contributed by atoms with Gasteiger partial charge in [0.15, 0.2) is 0 Å². The molecule has 106 valence electrons. The number of alkyl halides is 3. The Bertz CT molecular complexity index is 454. The summed E-state index contributed by atoms with van der Waals surface area (Å²) in [4.78, 5) is 11.4. The number of nitrogens with one attached hydrogen (secondary N) is 2. The average molecular weight is 357 g/mol. The zero-order chi connectivity index (χ0) is 14.5. The highest BCUT2D eigenvalue weighted by Crippen LogP contribution is 2.29. The third-order valence-corrected chi connectivity index (χ3v) is 3.67. The molecule has 0 fully saturated rings. The number of benzene rings is 1. The molecular weight excluding hydrogens is 345 g/mol. The first-order chi connectivity index (χ1) is 8.78. The van der Waals surface area contributed by atoms with Gasteiger partial charge in [-0.1, -0.05) is 22.0 Å². The summed E-state index contributed by atoms with van der Waals surface area (Å²) in [6.07, 6.45) is 0. The molecule has 0 atom stereocenters. The molecule has 0 saturated carbocycles. The van der Waals surface area contributed by atoms with Gasteiger partial charge in [0, 0.05) is 22.5 Å². The van der Waals surface area contributed by atoms with E-state index in [9.17, 15) is 18.0 Å². The van der Waals surface area contributed by atoms with Crippen molar-refractivity contribution in [3.63, 3.8) is 0 Å². The topological polar surface area (TPSA) is 41.1 Å². The number of carbonyl (C=O) groups excluding carboxylic acids is 1. The van der Waals surface area contributed by atoms with E-state index in [-0.39, 0.29) is 24.1 Å². The number of halogens is 4. The SMILES string of the molecule is Cc1ccc(NC(=O)NCCSC(F)(F)F)cc1Br. The molecular formula is C11H12BrF3N2OS. The van der Waals surface area contributed by atoms with Crippen LogP contribution in [-0.4, -0.2) is 23.8 Å². The second kappa shape index (κ2) is 7.04. The fraction of sp³-hybridized carbons (Fsp3) is 0.364. The summed E-state index contributed by atoms with van der Waals surface area (Å²) in [7, 11) is 0. The van der Waals surface area contributed by atoms with Gasteiger partial charge in [-0.25, -0.2) is 4.79 Å². The van der Waals surface area contributed by atoms with Gasteiger partial charge in [0.2, 0.25) is 0 Å². The van der Waals surface area contributed by atoms with Crippen LogP contribution in [0, 0.1) is 6.92 Å². The second-order valence-corrected chi connectivity index (χ2v) is 5.65. The van der Waals surface area contributed by atoms with Gasteiger partial charge in [0.25, 0.3) is 0 Å².